The monoisotopic (exact) mass is 579 g/mol. The molecule has 2 N–H and O–H groups in total. The van der Waals surface area contributed by atoms with Crippen molar-refractivity contribution in [1.29, 1.82) is 0 Å². The molecule has 2 atom stereocenters. The quantitative estimate of drug-likeness (QED) is 0.296. The van der Waals surface area contributed by atoms with Crippen LogP contribution in [0.15, 0.2) is 18.5 Å². The van der Waals surface area contributed by atoms with E-state index in [9.17, 15) is 4.79 Å². The number of carbonyl (C=O) groups is 1. The second-order valence-electron chi connectivity index (χ2n) is 12.0. The van der Waals surface area contributed by atoms with Crippen LogP contribution in [0.4, 0.5) is 11.5 Å². The van der Waals surface area contributed by atoms with Crippen molar-refractivity contribution in [3.63, 3.8) is 0 Å². The van der Waals surface area contributed by atoms with Gasteiger partial charge in [-0.05, 0) is 86.6 Å². The molecule has 9 heteroatoms. The molecule has 1 saturated heterocycles. The molecular weight excluding hydrogens is 534 g/mol. The maximum Gasteiger partial charge on any atom is 0.238 e. The smallest absolute Gasteiger partial charge is 0.238 e. The molecule has 0 spiro atoms. The van der Waals surface area contributed by atoms with Gasteiger partial charge in [0, 0.05) is 17.5 Å². The predicted molar refractivity (Wildman–Crippen MR) is 166 cm³/mol. The molecule has 0 bridgehead atoms. The molecule has 0 radical (unpaired) electrons. The molecule has 2 aromatic heterocycles. The minimum Gasteiger partial charge on any atom is -0.489 e. The fourth-order valence-corrected chi connectivity index (χ4v) is 7.09. The maximum atomic E-state index is 12.6. The highest BCUT2D eigenvalue weighted by atomic mass is 32.1. The first-order valence-electron chi connectivity index (χ1n) is 15.2. The number of benzene rings is 1. The van der Waals surface area contributed by atoms with Crippen LogP contribution in [0.5, 0.6) is 5.75 Å². The Bertz CT molecular complexity index is 1370. The van der Waals surface area contributed by atoms with Gasteiger partial charge in [0.15, 0.2) is 0 Å². The van der Waals surface area contributed by atoms with Gasteiger partial charge in [-0.3, -0.25) is 4.79 Å². The third kappa shape index (κ3) is 6.68. The Labute approximate surface area is 248 Å². The zero-order chi connectivity index (χ0) is 29.1. The number of fused-ring (bicyclic) bond motifs is 3. The molecule has 5 rings (SSSR count). The number of nitrogens with zero attached hydrogens (tertiary/aromatic N) is 3. The fourth-order valence-electron chi connectivity index (χ4n) is 5.82. The molecule has 1 aromatic carbocycles. The minimum absolute atomic E-state index is 0.0586. The van der Waals surface area contributed by atoms with E-state index in [2.05, 4.69) is 69.3 Å². The number of carbonyl (C=O) groups excluding carboxylic acids is 1. The number of hydrogen-bond acceptors (Lipinski definition) is 8. The molecule has 1 fully saturated rings. The minimum atomic E-state index is 0.0586. The van der Waals surface area contributed by atoms with E-state index >= 15 is 0 Å². The molecule has 0 saturated carbocycles. The second-order valence-corrected chi connectivity index (χ2v) is 13.1. The molecule has 8 nitrogen and oxygen atoms in total. The van der Waals surface area contributed by atoms with E-state index in [-0.39, 0.29) is 18.1 Å². The lowest BCUT2D eigenvalue weighted by atomic mass is 9.86. The van der Waals surface area contributed by atoms with Crippen LogP contribution in [0, 0.1) is 5.92 Å². The summed E-state index contributed by atoms with van der Waals surface area (Å²) in [6, 6.07) is 4.76. The van der Waals surface area contributed by atoms with Gasteiger partial charge in [0.2, 0.25) is 5.91 Å². The molecule has 3 heterocycles. The number of nitrogens with one attached hydrogen (secondary N) is 2. The summed E-state index contributed by atoms with van der Waals surface area (Å²) >= 11 is 1.74. The van der Waals surface area contributed by atoms with Crippen molar-refractivity contribution in [2.45, 2.75) is 91.7 Å². The summed E-state index contributed by atoms with van der Waals surface area (Å²) < 4.78 is 11.8. The highest BCUT2D eigenvalue weighted by molar-refractivity contribution is 7.19. The van der Waals surface area contributed by atoms with Gasteiger partial charge >= 0.3 is 0 Å². The summed E-state index contributed by atoms with van der Waals surface area (Å²) in [5, 5.41) is 8.29. The molecule has 1 amide bonds. The predicted octanol–water partition coefficient (Wildman–Crippen LogP) is 6.20. The zero-order valence-electron chi connectivity index (χ0n) is 25.4. The van der Waals surface area contributed by atoms with Gasteiger partial charge < -0.3 is 25.0 Å². The summed E-state index contributed by atoms with van der Waals surface area (Å²) in [5.41, 5.74) is 4.97. The van der Waals surface area contributed by atoms with Gasteiger partial charge in [-0.25, -0.2) is 9.97 Å². The Balaban J connectivity index is 1.39. The Morgan fingerprint density at radius 3 is 2.76 bits per heavy atom. The van der Waals surface area contributed by atoms with Crippen molar-refractivity contribution in [1.82, 2.24) is 20.2 Å². The summed E-state index contributed by atoms with van der Waals surface area (Å²) in [5.74, 6) is 2.79. The number of rotatable bonds is 10. The molecule has 41 heavy (non-hydrogen) atoms. The lowest BCUT2D eigenvalue weighted by molar-refractivity contribution is -0.139. The summed E-state index contributed by atoms with van der Waals surface area (Å²) in [6.07, 6.45) is 6.37. The lowest BCUT2D eigenvalue weighted by Crippen LogP contribution is -2.46. The van der Waals surface area contributed by atoms with E-state index < -0.39 is 0 Å². The summed E-state index contributed by atoms with van der Waals surface area (Å²) in [6.45, 7) is 15.5. The third-order valence-corrected chi connectivity index (χ3v) is 9.59. The Hall–Kier alpha value is -2.75. The van der Waals surface area contributed by atoms with Crippen molar-refractivity contribution >= 4 is 39.0 Å². The van der Waals surface area contributed by atoms with Crippen molar-refractivity contribution in [3.05, 3.63) is 40.0 Å². The van der Waals surface area contributed by atoms with Gasteiger partial charge in [0.05, 0.1) is 30.3 Å². The van der Waals surface area contributed by atoms with Crippen LogP contribution in [-0.2, 0) is 28.8 Å². The fraction of sp³-hybridized carbons (Fsp3) is 0.594. The van der Waals surface area contributed by atoms with Crippen LogP contribution >= 0.6 is 11.3 Å². The van der Waals surface area contributed by atoms with Crippen molar-refractivity contribution in [2.75, 3.05) is 31.7 Å². The molecule has 2 unspecified atom stereocenters. The third-order valence-electron chi connectivity index (χ3n) is 8.43. The van der Waals surface area contributed by atoms with E-state index in [0.29, 0.717) is 25.1 Å². The van der Waals surface area contributed by atoms with Crippen molar-refractivity contribution in [3.8, 4) is 5.75 Å². The molecule has 222 valence electrons. The molecule has 1 aliphatic carbocycles. The average Bonchev–Trinajstić information content (AvgIpc) is 3.35. The Morgan fingerprint density at radius 1 is 1.22 bits per heavy atom. The van der Waals surface area contributed by atoms with E-state index in [1.807, 2.05) is 0 Å². The SMILES string of the molecule is CCc1cc(Nc2ncnc3sc4c(c23)CCC(NCC(=O)N2CCCOC2)C4)c(OC(C)C)cc1C(C)C(C)C. The van der Waals surface area contributed by atoms with Gasteiger partial charge in [0.1, 0.15) is 29.5 Å². The van der Waals surface area contributed by atoms with Crippen molar-refractivity contribution in [2.24, 2.45) is 5.92 Å². The number of ether oxygens (including phenoxy) is 2. The molecule has 2 aliphatic rings. The highest BCUT2D eigenvalue weighted by Crippen LogP contribution is 2.42. The van der Waals surface area contributed by atoms with E-state index in [4.69, 9.17) is 14.5 Å². The molecule has 1 aliphatic heterocycles. The van der Waals surface area contributed by atoms with Crippen LogP contribution in [0.1, 0.15) is 81.9 Å². The standard InChI is InChI=1S/C32H45N5O3S/c1-7-22-13-26(27(40-20(4)5)15-25(22)21(6)19(2)3)36-31-30-24-10-9-23(14-28(24)41-32(30)35-17-34-31)33-16-29(38)37-11-8-12-39-18-37/h13,15,17,19-21,23,33H,7-12,14,16,18H2,1-6H3,(H,34,35,36). The van der Waals surface area contributed by atoms with E-state index in [1.54, 1.807) is 22.6 Å². The van der Waals surface area contributed by atoms with Gasteiger partial charge in [-0.15, -0.1) is 11.3 Å². The molecular formula is C32H45N5O3S. The average molecular weight is 580 g/mol. The number of aryl methyl sites for hydroxylation is 2. The normalized spacial score (nSPS) is 18.1. The number of anilines is 2. The van der Waals surface area contributed by atoms with Gasteiger partial charge in [0.25, 0.3) is 0 Å². The zero-order valence-corrected chi connectivity index (χ0v) is 26.2. The summed E-state index contributed by atoms with van der Waals surface area (Å²) in [4.78, 5) is 26.1. The topological polar surface area (TPSA) is 88.6 Å². The van der Waals surface area contributed by atoms with Crippen LogP contribution in [0.25, 0.3) is 10.2 Å². The Kier molecular flexibility index (Phi) is 9.46. The summed E-state index contributed by atoms with van der Waals surface area (Å²) in [7, 11) is 0. The van der Waals surface area contributed by atoms with E-state index in [0.717, 1.165) is 72.7 Å². The first kappa shape index (κ1) is 29.7. The van der Waals surface area contributed by atoms with Crippen LogP contribution in [0.3, 0.4) is 0 Å². The number of hydrogen-bond donors (Lipinski definition) is 2. The highest BCUT2D eigenvalue weighted by Gasteiger charge is 2.27. The van der Waals surface area contributed by atoms with Crippen LogP contribution < -0.4 is 15.4 Å². The second kappa shape index (κ2) is 13.0. The van der Waals surface area contributed by atoms with Gasteiger partial charge in [-0.1, -0.05) is 27.7 Å². The lowest BCUT2D eigenvalue weighted by Gasteiger charge is -2.28. The van der Waals surface area contributed by atoms with Crippen LogP contribution in [0.2, 0.25) is 0 Å². The first-order chi connectivity index (χ1) is 19.7. The van der Waals surface area contributed by atoms with Crippen LogP contribution in [-0.4, -0.2) is 59.3 Å². The van der Waals surface area contributed by atoms with Gasteiger partial charge in [-0.2, -0.15) is 0 Å². The maximum absolute atomic E-state index is 12.6. The number of amides is 1. The van der Waals surface area contributed by atoms with Crippen molar-refractivity contribution < 1.29 is 14.3 Å². The number of thiophene rings is 1. The largest absolute Gasteiger partial charge is 0.489 e. The Morgan fingerprint density at radius 2 is 2.05 bits per heavy atom. The van der Waals surface area contributed by atoms with E-state index in [1.165, 1.54) is 21.6 Å². The first-order valence-corrected chi connectivity index (χ1v) is 16.0. The number of aromatic nitrogens is 2. The molecule has 3 aromatic rings.